The van der Waals surface area contributed by atoms with E-state index in [1.54, 1.807) is 33.9 Å². The van der Waals surface area contributed by atoms with Crippen LogP contribution in [0.3, 0.4) is 0 Å². The van der Waals surface area contributed by atoms with Crippen molar-refractivity contribution in [3.8, 4) is 0 Å². The molecule has 6 rings (SSSR count). The summed E-state index contributed by atoms with van der Waals surface area (Å²) < 4.78 is 33.9. The Hall–Kier alpha value is -6.81. The number of anilines is 1. The second-order valence-electron chi connectivity index (χ2n) is 23.7. The zero-order chi connectivity index (χ0) is 61.0. The van der Waals surface area contributed by atoms with Gasteiger partial charge < -0.3 is 49.5 Å². The van der Waals surface area contributed by atoms with Crippen LogP contribution in [0, 0.1) is 44.8 Å². The van der Waals surface area contributed by atoms with Crippen LogP contribution < -0.4 is 21.6 Å². The minimum Gasteiger partial charge on any atom is -0.469 e. The lowest BCUT2D eigenvalue weighted by Crippen LogP contribution is -2.53. The molecule has 6 heterocycles. The topological polar surface area (TPSA) is 291 Å². The summed E-state index contributed by atoms with van der Waals surface area (Å²) in [5.41, 5.74) is -3.48. The van der Waals surface area contributed by atoms with Crippen LogP contribution in [0.1, 0.15) is 140 Å². The van der Waals surface area contributed by atoms with Crippen molar-refractivity contribution in [1.82, 2.24) is 20.2 Å². The van der Waals surface area contributed by atoms with Crippen molar-refractivity contribution in [2.24, 2.45) is 54.8 Å². The smallest absolute Gasteiger partial charge is 0.349 e. The number of nitrogens with zero attached hydrogens (tertiary/aromatic N) is 4. The number of rotatable bonds is 21. The summed E-state index contributed by atoms with van der Waals surface area (Å²) in [6, 6.07) is -0.206. The Morgan fingerprint density at radius 1 is 0.695 bits per heavy atom. The van der Waals surface area contributed by atoms with Crippen molar-refractivity contribution < 1.29 is 67.1 Å². The van der Waals surface area contributed by atoms with E-state index >= 15 is 4.79 Å². The summed E-state index contributed by atoms with van der Waals surface area (Å²) in [5.74, 6) is -6.61. The van der Waals surface area contributed by atoms with Gasteiger partial charge in [0.25, 0.3) is 0 Å². The van der Waals surface area contributed by atoms with Gasteiger partial charge in [0.1, 0.15) is 16.6 Å². The maximum absolute atomic E-state index is 15.0. The van der Waals surface area contributed by atoms with E-state index in [-0.39, 0.29) is 68.8 Å². The molecule has 9 atom stereocenters. The Labute approximate surface area is 480 Å². The predicted octanol–water partition coefficient (Wildman–Crippen LogP) is 6.37. The number of ether oxygens (including phenoxy) is 6. The van der Waals surface area contributed by atoms with Crippen molar-refractivity contribution in [3.05, 3.63) is 67.8 Å². The number of unbranched alkanes of at least 4 members (excludes halogenated alkanes) is 3. The molecule has 0 aliphatic carbocycles. The average Bonchev–Trinajstić information content (AvgIpc) is 2.61. The first-order valence-electron chi connectivity index (χ1n) is 28.1. The Morgan fingerprint density at radius 3 is 1.85 bits per heavy atom. The van der Waals surface area contributed by atoms with Crippen LogP contribution in [-0.2, 0) is 68.5 Å². The summed E-state index contributed by atoms with van der Waals surface area (Å²) in [5, 5.41) is 19.5. The number of aryl methyl sites for hydroxylation is 1. The van der Waals surface area contributed by atoms with E-state index in [0.29, 0.717) is 64.5 Å². The predicted molar refractivity (Wildman–Crippen MR) is 303 cm³/mol. The number of esters is 6. The van der Waals surface area contributed by atoms with E-state index in [1.165, 1.54) is 53.3 Å². The van der Waals surface area contributed by atoms with Crippen LogP contribution in [-0.4, -0.2) is 129 Å². The molecule has 1 aromatic rings. The summed E-state index contributed by atoms with van der Waals surface area (Å²) in [4.78, 5) is 128. The van der Waals surface area contributed by atoms with Crippen LogP contribution in [0.25, 0.3) is 0 Å². The molecule has 1 aromatic heterocycles. The molecule has 0 radical (unpaired) electrons. The quantitative estimate of drug-likeness (QED) is 0.0591. The Bertz CT molecular complexity index is 3000. The molecular weight excluding hydrogens is 1060 g/mol. The maximum Gasteiger partial charge on any atom is 0.349 e. The zero-order valence-electron chi connectivity index (χ0n) is 50.7. The molecule has 0 spiro atoms. The van der Waals surface area contributed by atoms with Crippen molar-refractivity contribution in [2.75, 3.05) is 54.6 Å². The fourth-order valence-electron chi connectivity index (χ4n) is 14.0. The van der Waals surface area contributed by atoms with Crippen LogP contribution in [0.4, 0.5) is 5.82 Å². The molecule has 5 aliphatic rings. The number of nitrogens with one attached hydrogen (secondary N) is 3. The molecule has 1 amide bonds. The van der Waals surface area contributed by atoms with Gasteiger partial charge in [-0.2, -0.15) is 4.98 Å². The average molecular weight is 1140 g/mol. The number of aliphatic hydroxyl groups excluding tert-OH is 1. The molecule has 2 saturated heterocycles. The summed E-state index contributed by atoms with van der Waals surface area (Å²) in [6.45, 7) is 18.7. The van der Waals surface area contributed by atoms with E-state index in [0.717, 1.165) is 12.8 Å². The van der Waals surface area contributed by atoms with Gasteiger partial charge in [-0.15, -0.1) is 0 Å². The van der Waals surface area contributed by atoms with Gasteiger partial charge in [0.15, 0.2) is 0 Å². The third-order valence-corrected chi connectivity index (χ3v) is 18.8. The van der Waals surface area contributed by atoms with E-state index < -0.39 is 104 Å². The number of fused-ring (bicyclic) bond motifs is 6. The molecule has 5 aliphatic heterocycles. The monoisotopic (exact) mass is 1140 g/mol. The highest BCUT2D eigenvalue weighted by Gasteiger charge is 2.68. The molecular formula is C60H85N7O15. The molecule has 0 aromatic carbocycles. The first-order chi connectivity index (χ1) is 38.6. The van der Waals surface area contributed by atoms with Crippen molar-refractivity contribution >= 4 is 59.0 Å². The third-order valence-electron chi connectivity index (χ3n) is 18.8. The number of carbonyl (C=O) groups is 7. The Kier molecular flexibility index (Phi) is 19.9. The molecule has 4 N–H and O–H groups in total. The number of allylic oxidation sites excluding steroid dienone is 5. The standard InChI is InChI=1S/C60H85N7O15/c1-32-45-37(22-24-41(71)78-12)58(8,31-39(69)61-38-26-29-67(55(76)62-38)28-19-17-18-20-30-68)49(64-45)35(4)51-60(10,54(75)82-16)59(9,53(74)81-15)50(66-51)34(3)46-43(52(73)80-14)57(7,27-25-42(72)79-13)48(65-46)33(2)44-36(21-23-40(70)77-11)56(5,6)47(32)63-44/h26,29,36-37,43,46,48,64-65,68H,17-25,27-28,30-31H2,1-16H3,(H,61,62,69,76)/b44-33-,45-32-,49-35-,50-34-/t36-,37-,43-,46?,48?,57-,58+,59+,60-/m1/s1. The Balaban J connectivity index is 1.75. The lowest BCUT2D eigenvalue weighted by molar-refractivity contribution is -0.165. The van der Waals surface area contributed by atoms with Crippen LogP contribution >= 0.6 is 0 Å². The normalized spacial score (nSPS) is 31.8. The maximum atomic E-state index is 15.0. The molecule has 2 unspecified atom stereocenters. The number of methoxy groups -OCH3 is 6. The van der Waals surface area contributed by atoms with Crippen LogP contribution in [0.15, 0.2) is 72.1 Å². The summed E-state index contributed by atoms with van der Waals surface area (Å²) in [6.07, 6.45) is 4.55. The molecule has 0 saturated carbocycles. The van der Waals surface area contributed by atoms with Crippen molar-refractivity contribution in [2.45, 2.75) is 158 Å². The fraction of sp³-hybridized carbons (Fsp3) is 0.650. The van der Waals surface area contributed by atoms with Gasteiger partial charge in [-0.25, -0.2) is 4.79 Å². The first kappa shape index (κ1) is 64.4. The molecule has 8 bridgehead atoms. The lowest BCUT2D eigenvalue weighted by atomic mass is 9.60. The van der Waals surface area contributed by atoms with Gasteiger partial charge in [-0.3, -0.25) is 48.1 Å². The van der Waals surface area contributed by atoms with Crippen LogP contribution in [0.2, 0.25) is 0 Å². The minimum absolute atomic E-state index is 0.00811. The number of hydrogen-bond donors (Lipinski definition) is 4. The van der Waals surface area contributed by atoms with Gasteiger partial charge in [0, 0.05) is 102 Å². The first-order valence-corrected chi connectivity index (χ1v) is 28.1. The molecule has 2 fully saturated rings. The number of amides is 1. The lowest BCUT2D eigenvalue weighted by Gasteiger charge is -2.39. The fourth-order valence-corrected chi connectivity index (χ4v) is 14.0. The third kappa shape index (κ3) is 11.4. The highest BCUT2D eigenvalue weighted by Crippen LogP contribution is 2.61. The van der Waals surface area contributed by atoms with Crippen molar-refractivity contribution in [3.63, 3.8) is 0 Å². The largest absolute Gasteiger partial charge is 0.469 e. The van der Waals surface area contributed by atoms with Gasteiger partial charge in [-0.05, 0) is 102 Å². The van der Waals surface area contributed by atoms with Crippen LogP contribution in [0.5, 0.6) is 0 Å². The highest BCUT2D eigenvalue weighted by atomic mass is 16.5. The number of aromatic nitrogens is 2. The SMILES string of the molecule is COC(=O)CC[C@@H]1/C2=C(\C)C3NC(/C(C)=C4N=C(/C(C)=C5\N/C(=C(/C)C(=N2)C1(C)C)[C@@H](CCC(=O)OC)[C@]5(C)CC(=O)Nc1ccn(CCCCCCO)c(=O)n1)[C@](C)(C(=O)OC)[C@]\4(C)C(=O)OC)[C@H](C(=O)OC)[C@@]3(C)CCC(=O)OC. The Morgan fingerprint density at radius 2 is 1.28 bits per heavy atom. The van der Waals surface area contributed by atoms with E-state index in [4.69, 9.17) is 38.4 Å². The van der Waals surface area contributed by atoms with Gasteiger partial charge in [-0.1, -0.05) is 40.5 Å². The zero-order valence-corrected chi connectivity index (χ0v) is 50.7. The second kappa shape index (κ2) is 25.4. The molecule has 22 heteroatoms. The van der Waals surface area contributed by atoms with Gasteiger partial charge in [0.2, 0.25) is 5.91 Å². The van der Waals surface area contributed by atoms with Crippen molar-refractivity contribution in [1.29, 1.82) is 0 Å². The van der Waals surface area contributed by atoms with E-state index in [2.05, 4.69) is 20.9 Å². The number of carbonyl (C=O) groups excluding carboxylic acids is 7. The molecule has 22 nitrogen and oxygen atoms in total. The second-order valence-corrected chi connectivity index (χ2v) is 23.7. The summed E-state index contributed by atoms with van der Waals surface area (Å²) in [7, 11) is 7.57. The summed E-state index contributed by atoms with van der Waals surface area (Å²) >= 11 is 0. The van der Waals surface area contributed by atoms with Gasteiger partial charge >= 0.3 is 41.5 Å². The molecule has 450 valence electrons. The van der Waals surface area contributed by atoms with Gasteiger partial charge in [0.05, 0.1) is 65.7 Å². The number of hydrogen-bond acceptors (Lipinski definition) is 20. The minimum atomic E-state index is -1.99. The van der Waals surface area contributed by atoms with E-state index in [1.807, 2.05) is 41.5 Å². The highest BCUT2D eigenvalue weighted by molar-refractivity contribution is 6.21. The van der Waals surface area contributed by atoms with E-state index in [9.17, 15) is 38.7 Å². The number of aliphatic imine (C=N–C) groups is 2. The molecule has 82 heavy (non-hydrogen) atoms. The number of aliphatic hydroxyl groups is 1.